The number of nitrogens with zero attached hydrogens (tertiary/aromatic N) is 4. The van der Waals surface area contributed by atoms with E-state index in [-0.39, 0.29) is 12.6 Å². The molecule has 1 heterocycles. The second kappa shape index (κ2) is 9.65. The van der Waals surface area contributed by atoms with Crippen LogP contribution in [0, 0.1) is 0 Å². The van der Waals surface area contributed by atoms with Crippen LogP contribution < -0.4 is 14.8 Å². The zero-order valence-electron chi connectivity index (χ0n) is 15.2. The van der Waals surface area contributed by atoms with Crippen LogP contribution in [0.4, 0.5) is 0 Å². The highest BCUT2D eigenvalue weighted by Crippen LogP contribution is 2.32. The average molecular weight is 369 g/mol. The number of ether oxygens (including phenoxy) is 2. The van der Waals surface area contributed by atoms with Gasteiger partial charge >= 0.3 is 6.01 Å². The Balaban J connectivity index is 1.78. The number of aliphatic hydroxyl groups is 1. The van der Waals surface area contributed by atoms with Gasteiger partial charge in [0.2, 0.25) is 0 Å². The summed E-state index contributed by atoms with van der Waals surface area (Å²) >= 11 is 0. The summed E-state index contributed by atoms with van der Waals surface area (Å²) in [6, 6.07) is 15.5. The van der Waals surface area contributed by atoms with Crippen molar-refractivity contribution in [2.45, 2.75) is 19.9 Å². The SMILES string of the molecule is CCOc1cc(CNCCCO)ccc1Oc1nnnn1-c1ccccc1. The molecule has 0 bridgehead atoms. The van der Waals surface area contributed by atoms with Crippen LogP contribution in [0.3, 0.4) is 0 Å². The van der Waals surface area contributed by atoms with Crippen LogP contribution in [0.5, 0.6) is 17.5 Å². The summed E-state index contributed by atoms with van der Waals surface area (Å²) < 4.78 is 13.2. The van der Waals surface area contributed by atoms with Gasteiger partial charge in [-0.2, -0.15) is 4.68 Å². The molecule has 142 valence electrons. The van der Waals surface area contributed by atoms with Crippen LogP contribution in [0.1, 0.15) is 18.9 Å². The predicted octanol–water partition coefficient (Wildman–Crippen LogP) is 2.33. The average Bonchev–Trinajstić information content (AvgIpc) is 3.16. The van der Waals surface area contributed by atoms with E-state index in [1.807, 2.05) is 55.5 Å². The molecule has 0 fully saturated rings. The first-order valence-corrected chi connectivity index (χ1v) is 8.90. The normalized spacial score (nSPS) is 10.7. The van der Waals surface area contributed by atoms with E-state index >= 15 is 0 Å². The standard InChI is InChI=1S/C19H23N5O3/c1-2-26-18-13-15(14-20-11-6-12-25)9-10-17(18)27-19-21-22-23-24(19)16-7-4-3-5-8-16/h3-5,7-10,13,20,25H,2,6,11-12,14H2,1H3. The van der Waals surface area contributed by atoms with Gasteiger partial charge in [0, 0.05) is 13.2 Å². The third-order valence-corrected chi connectivity index (χ3v) is 3.79. The van der Waals surface area contributed by atoms with Crippen LogP contribution in [-0.4, -0.2) is 45.1 Å². The van der Waals surface area contributed by atoms with E-state index < -0.39 is 0 Å². The minimum atomic E-state index is 0.181. The molecule has 27 heavy (non-hydrogen) atoms. The summed E-state index contributed by atoms with van der Waals surface area (Å²) in [4.78, 5) is 0. The number of hydrogen-bond acceptors (Lipinski definition) is 7. The molecule has 0 amide bonds. The summed E-state index contributed by atoms with van der Waals surface area (Å²) in [5.74, 6) is 1.17. The highest BCUT2D eigenvalue weighted by molar-refractivity contribution is 5.44. The minimum absolute atomic E-state index is 0.181. The Morgan fingerprint density at radius 2 is 1.96 bits per heavy atom. The Morgan fingerprint density at radius 3 is 2.74 bits per heavy atom. The van der Waals surface area contributed by atoms with E-state index in [2.05, 4.69) is 20.8 Å². The van der Waals surface area contributed by atoms with Gasteiger partial charge in [-0.05, 0) is 60.1 Å². The first kappa shape index (κ1) is 18.8. The minimum Gasteiger partial charge on any atom is -0.490 e. The van der Waals surface area contributed by atoms with E-state index in [0.717, 1.165) is 24.2 Å². The van der Waals surface area contributed by atoms with Gasteiger partial charge in [-0.15, -0.1) is 0 Å². The first-order chi connectivity index (χ1) is 13.3. The second-order valence-corrected chi connectivity index (χ2v) is 5.78. The summed E-state index contributed by atoms with van der Waals surface area (Å²) in [5.41, 5.74) is 1.87. The van der Waals surface area contributed by atoms with Gasteiger partial charge in [0.1, 0.15) is 0 Å². The van der Waals surface area contributed by atoms with Crippen molar-refractivity contribution in [1.29, 1.82) is 0 Å². The van der Waals surface area contributed by atoms with E-state index in [1.165, 1.54) is 4.68 Å². The van der Waals surface area contributed by atoms with Gasteiger partial charge in [-0.3, -0.25) is 0 Å². The molecule has 0 aliphatic heterocycles. The summed E-state index contributed by atoms with van der Waals surface area (Å²) in [6.07, 6.45) is 0.724. The lowest BCUT2D eigenvalue weighted by Crippen LogP contribution is -2.15. The molecule has 3 aromatic rings. The molecule has 8 heteroatoms. The fourth-order valence-electron chi connectivity index (χ4n) is 2.52. The highest BCUT2D eigenvalue weighted by atomic mass is 16.5. The quantitative estimate of drug-likeness (QED) is 0.530. The summed E-state index contributed by atoms with van der Waals surface area (Å²) in [5, 5.41) is 23.8. The number of aliphatic hydroxyl groups excluding tert-OH is 1. The molecule has 2 N–H and O–H groups in total. The Hall–Kier alpha value is -2.97. The van der Waals surface area contributed by atoms with Crippen molar-refractivity contribution in [1.82, 2.24) is 25.5 Å². The Morgan fingerprint density at radius 1 is 1.11 bits per heavy atom. The van der Waals surface area contributed by atoms with E-state index in [4.69, 9.17) is 14.6 Å². The number of para-hydroxylation sites is 1. The predicted molar refractivity (Wildman–Crippen MR) is 100 cm³/mol. The van der Waals surface area contributed by atoms with Crippen molar-refractivity contribution in [3.63, 3.8) is 0 Å². The number of hydrogen-bond donors (Lipinski definition) is 2. The lowest BCUT2D eigenvalue weighted by Gasteiger charge is -2.13. The maximum Gasteiger partial charge on any atom is 0.346 e. The Kier molecular flexibility index (Phi) is 6.72. The second-order valence-electron chi connectivity index (χ2n) is 5.78. The van der Waals surface area contributed by atoms with Gasteiger partial charge in [0.25, 0.3) is 0 Å². The van der Waals surface area contributed by atoms with Gasteiger partial charge < -0.3 is 19.9 Å². The molecular formula is C19H23N5O3. The molecule has 2 aromatic carbocycles. The molecule has 0 saturated carbocycles. The number of nitrogens with one attached hydrogen (secondary N) is 1. The fraction of sp³-hybridized carbons (Fsp3) is 0.316. The lowest BCUT2D eigenvalue weighted by molar-refractivity contribution is 0.286. The van der Waals surface area contributed by atoms with Crippen molar-refractivity contribution in [2.24, 2.45) is 0 Å². The third-order valence-electron chi connectivity index (χ3n) is 3.79. The molecule has 3 rings (SSSR count). The number of tetrazole rings is 1. The molecule has 0 radical (unpaired) electrons. The zero-order chi connectivity index (χ0) is 18.9. The lowest BCUT2D eigenvalue weighted by atomic mass is 10.2. The fourth-order valence-corrected chi connectivity index (χ4v) is 2.52. The molecule has 0 spiro atoms. The van der Waals surface area contributed by atoms with Crippen LogP contribution in [0.2, 0.25) is 0 Å². The molecule has 0 aliphatic carbocycles. The zero-order valence-corrected chi connectivity index (χ0v) is 15.2. The molecule has 0 atom stereocenters. The Bertz CT molecular complexity index is 838. The summed E-state index contributed by atoms with van der Waals surface area (Å²) in [6.45, 7) is 4.05. The van der Waals surface area contributed by atoms with Gasteiger partial charge in [-0.25, -0.2) is 0 Å². The number of rotatable bonds is 10. The highest BCUT2D eigenvalue weighted by Gasteiger charge is 2.14. The topological polar surface area (TPSA) is 94.3 Å². The van der Waals surface area contributed by atoms with Crippen molar-refractivity contribution in [3.8, 4) is 23.2 Å². The maximum atomic E-state index is 8.85. The van der Waals surface area contributed by atoms with Crippen molar-refractivity contribution in [2.75, 3.05) is 19.8 Å². The maximum absolute atomic E-state index is 8.85. The van der Waals surface area contributed by atoms with E-state index in [9.17, 15) is 0 Å². The van der Waals surface area contributed by atoms with Gasteiger partial charge in [0.15, 0.2) is 11.5 Å². The van der Waals surface area contributed by atoms with Crippen LogP contribution >= 0.6 is 0 Å². The van der Waals surface area contributed by atoms with Gasteiger partial charge in [-0.1, -0.05) is 29.4 Å². The van der Waals surface area contributed by atoms with Crippen molar-refractivity contribution >= 4 is 0 Å². The number of aromatic nitrogens is 4. The Labute approximate surface area is 157 Å². The van der Waals surface area contributed by atoms with Gasteiger partial charge in [0.05, 0.1) is 12.3 Å². The molecule has 8 nitrogen and oxygen atoms in total. The van der Waals surface area contributed by atoms with Crippen LogP contribution in [-0.2, 0) is 6.54 Å². The molecule has 0 aliphatic rings. The molecule has 1 aromatic heterocycles. The summed E-state index contributed by atoms with van der Waals surface area (Å²) in [7, 11) is 0. The molecular weight excluding hydrogens is 346 g/mol. The largest absolute Gasteiger partial charge is 0.490 e. The monoisotopic (exact) mass is 369 g/mol. The van der Waals surface area contributed by atoms with Crippen molar-refractivity contribution in [3.05, 3.63) is 54.1 Å². The van der Waals surface area contributed by atoms with Crippen LogP contribution in [0.15, 0.2) is 48.5 Å². The molecule has 0 saturated heterocycles. The smallest absolute Gasteiger partial charge is 0.346 e. The van der Waals surface area contributed by atoms with Crippen LogP contribution in [0.25, 0.3) is 5.69 Å². The van der Waals surface area contributed by atoms with E-state index in [1.54, 1.807) is 0 Å². The first-order valence-electron chi connectivity index (χ1n) is 8.90. The third kappa shape index (κ3) is 5.02. The van der Waals surface area contributed by atoms with E-state index in [0.29, 0.717) is 24.7 Å². The molecule has 0 unspecified atom stereocenters. The van der Waals surface area contributed by atoms with Crippen molar-refractivity contribution < 1.29 is 14.6 Å². The number of benzene rings is 2.